The van der Waals surface area contributed by atoms with Crippen molar-refractivity contribution in [3.63, 3.8) is 0 Å². The fourth-order valence-corrected chi connectivity index (χ4v) is 4.24. The minimum atomic E-state index is -1.00. The van der Waals surface area contributed by atoms with Gasteiger partial charge in [-0.2, -0.15) is 4.39 Å². The summed E-state index contributed by atoms with van der Waals surface area (Å²) in [6.07, 6.45) is 6.16. The predicted octanol–water partition coefficient (Wildman–Crippen LogP) is 8.24. The van der Waals surface area contributed by atoms with Crippen molar-refractivity contribution >= 4 is 0 Å². The number of hydrogen-bond donors (Lipinski definition) is 0. The van der Waals surface area contributed by atoms with Crippen molar-refractivity contribution in [1.29, 1.82) is 0 Å². The topological polar surface area (TPSA) is 27.7 Å². The van der Waals surface area contributed by atoms with Crippen molar-refractivity contribution in [1.82, 2.24) is 0 Å². The summed E-state index contributed by atoms with van der Waals surface area (Å²) in [6, 6.07) is 14.5. The van der Waals surface area contributed by atoms with E-state index in [4.69, 9.17) is 14.2 Å². The second-order valence-corrected chi connectivity index (χ2v) is 8.90. The fourth-order valence-electron chi connectivity index (χ4n) is 4.24. The molecule has 1 fully saturated rings. The van der Waals surface area contributed by atoms with Crippen LogP contribution in [0.3, 0.4) is 0 Å². The van der Waals surface area contributed by atoms with Gasteiger partial charge in [-0.05, 0) is 42.7 Å². The van der Waals surface area contributed by atoms with Crippen LogP contribution in [0.2, 0.25) is 0 Å². The van der Waals surface area contributed by atoms with Gasteiger partial charge in [0, 0.05) is 22.6 Å². The van der Waals surface area contributed by atoms with E-state index in [1.807, 2.05) is 19.1 Å². The number of hydrogen-bond acceptors (Lipinski definition) is 3. The molecule has 3 nitrogen and oxygen atoms in total. The molecule has 0 amide bonds. The molecular formula is C30H31F3O3. The number of unbranched alkanes of at least 4 members (excludes halogenated alkanes) is 2. The van der Waals surface area contributed by atoms with E-state index < -0.39 is 23.7 Å². The van der Waals surface area contributed by atoms with E-state index in [9.17, 15) is 13.2 Å². The molecule has 36 heavy (non-hydrogen) atoms. The lowest BCUT2D eigenvalue weighted by Crippen LogP contribution is -2.25. The van der Waals surface area contributed by atoms with Gasteiger partial charge in [-0.25, -0.2) is 8.78 Å². The molecular weight excluding hydrogens is 465 g/mol. The molecule has 0 aliphatic carbocycles. The summed E-state index contributed by atoms with van der Waals surface area (Å²) in [5.41, 5.74) is 2.25. The summed E-state index contributed by atoms with van der Waals surface area (Å²) in [7, 11) is 0. The molecule has 1 aliphatic heterocycles. The maximum Gasteiger partial charge on any atom is 0.201 e. The number of halogens is 3. The summed E-state index contributed by atoms with van der Waals surface area (Å²) < 4.78 is 61.1. The molecule has 0 spiro atoms. The van der Waals surface area contributed by atoms with E-state index >= 15 is 0 Å². The third kappa shape index (κ3) is 6.00. The highest BCUT2D eigenvalue weighted by atomic mass is 19.2. The second kappa shape index (κ2) is 12.2. The zero-order valence-corrected chi connectivity index (χ0v) is 20.6. The van der Waals surface area contributed by atoms with E-state index in [1.165, 1.54) is 18.2 Å². The molecule has 6 heteroatoms. The summed E-state index contributed by atoms with van der Waals surface area (Å²) in [6.45, 7) is 5.39. The Bertz CT molecular complexity index is 1180. The molecule has 190 valence electrons. The lowest BCUT2D eigenvalue weighted by atomic mass is 9.98. The molecule has 3 aromatic rings. The molecule has 3 aromatic carbocycles. The normalized spacial score (nSPS) is 18.0. The van der Waals surface area contributed by atoms with Crippen molar-refractivity contribution in [3.8, 4) is 28.0 Å². The van der Waals surface area contributed by atoms with Gasteiger partial charge in [0.15, 0.2) is 17.9 Å². The van der Waals surface area contributed by atoms with Crippen LogP contribution < -0.4 is 4.74 Å². The van der Waals surface area contributed by atoms with E-state index in [2.05, 4.69) is 6.92 Å². The summed E-state index contributed by atoms with van der Waals surface area (Å²) in [4.78, 5) is 0. The van der Waals surface area contributed by atoms with Crippen LogP contribution in [0.1, 0.15) is 45.0 Å². The fraction of sp³-hybridized carbons (Fsp3) is 0.333. The minimum Gasteiger partial charge on any atom is -0.490 e. The standard InChI is InChI=1S/C30H31F3O3/c1-3-5-6-16-34-27-15-14-25(28(32)29(27)33)22-10-8-21(9-11-22)24-13-12-23(17-26(24)31)30-35-18-20(7-4-2)19-36-30/h4,7-15,17,20,30H,3,5-6,16,18-19H2,1-2H3. The molecule has 0 saturated carbocycles. The Balaban J connectivity index is 1.46. The maximum absolute atomic E-state index is 15.0. The molecule has 1 saturated heterocycles. The first kappa shape index (κ1) is 26.0. The van der Waals surface area contributed by atoms with E-state index in [-0.39, 0.29) is 17.2 Å². The van der Waals surface area contributed by atoms with Gasteiger partial charge in [0.2, 0.25) is 5.82 Å². The van der Waals surface area contributed by atoms with Gasteiger partial charge in [0.25, 0.3) is 0 Å². The lowest BCUT2D eigenvalue weighted by Gasteiger charge is -2.28. The zero-order valence-electron chi connectivity index (χ0n) is 20.6. The van der Waals surface area contributed by atoms with Crippen LogP contribution in [0.25, 0.3) is 22.3 Å². The highest BCUT2D eigenvalue weighted by molar-refractivity contribution is 5.71. The van der Waals surface area contributed by atoms with Crippen molar-refractivity contribution in [2.75, 3.05) is 19.8 Å². The maximum atomic E-state index is 15.0. The van der Waals surface area contributed by atoms with Gasteiger partial charge in [0.1, 0.15) is 5.82 Å². The number of benzene rings is 3. The van der Waals surface area contributed by atoms with Crippen molar-refractivity contribution < 1.29 is 27.4 Å². The Labute approximate surface area is 210 Å². The van der Waals surface area contributed by atoms with Crippen molar-refractivity contribution in [2.24, 2.45) is 5.92 Å². The van der Waals surface area contributed by atoms with Gasteiger partial charge < -0.3 is 14.2 Å². The van der Waals surface area contributed by atoms with Crippen LogP contribution in [-0.4, -0.2) is 19.8 Å². The number of allylic oxidation sites excluding steroid dienone is 1. The first-order chi connectivity index (χ1) is 17.5. The largest absolute Gasteiger partial charge is 0.490 e. The van der Waals surface area contributed by atoms with Crippen LogP contribution >= 0.6 is 0 Å². The quantitative estimate of drug-likeness (QED) is 0.221. The zero-order chi connectivity index (χ0) is 25.5. The Morgan fingerprint density at radius 1 is 0.861 bits per heavy atom. The van der Waals surface area contributed by atoms with Crippen LogP contribution in [0.4, 0.5) is 13.2 Å². The van der Waals surface area contributed by atoms with Gasteiger partial charge in [0.05, 0.1) is 19.8 Å². The SMILES string of the molecule is CC=CC1COC(c2ccc(-c3ccc(-c4ccc(OCCCCC)c(F)c4F)cc3)c(F)c2)OC1. The molecule has 0 unspecified atom stereocenters. The summed E-state index contributed by atoms with van der Waals surface area (Å²) >= 11 is 0. The highest BCUT2D eigenvalue weighted by Crippen LogP contribution is 2.33. The molecule has 1 aliphatic rings. The molecule has 1 heterocycles. The third-order valence-corrected chi connectivity index (χ3v) is 6.21. The highest BCUT2D eigenvalue weighted by Gasteiger charge is 2.23. The van der Waals surface area contributed by atoms with Crippen LogP contribution in [0.15, 0.2) is 66.7 Å². The van der Waals surface area contributed by atoms with Crippen LogP contribution in [0, 0.1) is 23.4 Å². The van der Waals surface area contributed by atoms with Gasteiger partial charge >= 0.3 is 0 Å². The Morgan fingerprint density at radius 2 is 1.53 bits per heavy atom. The molecule has 0 bridgehead atoms. The molecule has 0 N–H and O–H groups in total. The number of ether oxygens (including phenoxy) is 3. The summed E-state index contributed by atoms with van der Waals surface area (Å²) in [5, 5.41) is 0. The molecule has 4 rings (SSSR count). The third-order valence-electron chi connectivity index (χ3n) is 6.21. The van der Waals surface area contributed by atoms with Gasteiger partial charge in [-0.1, -0.05) is 68.3 Å². The Hall–Kier alpha value is -3.09. The van der Waals surface area contributed by atoms with Crippen LogP contribution in [0.5, 0.6) is 5.75 Å². The van der Waals surface area contributed by atoms with E-state index in [1.54, 1.807) is 36.4 Å². The van der Waals surface area contributed by atoms with Crippen molar-refractivity contribution in [2.45, 2.75) is 39.4 Å². The van der Waals surface area contributed by atoms with Gasteiger partial charge in [-0.15, -0.1) is 0 Å². The van der Waals surface area contributed by atoms with Gasteiger partial charge in [-0.3, -0.25) is 0 Å². The second-order valence-electron chi connectivity index (χ2n) is 8.90. The minimum absolute atomic E-state index is 0.0885. The predicted molar refractivity (Wildman–Crippen MR) is 135 cm³/mol. The Morgan fingerprint density at radius 3 is 2.17 bits per heavy atom. The van der Waals surface area contributed by atoms with Crippen molar-refractivity contribution in [3.05, 3.63) is 89.8 Å². The average Bonchev–Trinajstić information content (AvgIpc) is 2.90. The molecule has 0 aromatic heterocycles. The smallest absolute Gasteiger partial charge is 0.201 e. The van der Waals surface area contributed by atoms with Crippen LogP contribution in [-0.2, 0) is 9.47 Å². The van der Waals surface area contributed by atoms with E-state index in [0.717, 1.165) is 19.3 Å². The Kier molecular flexibility index (Phi) is 8.83. The first-order valence-corrected chi connectivity index (χ1v) is 12.4. The van der Waals surface area contributed by atoms with E-state index in [0.29, 0.717) is 42.1 Å². The molecule has 0 radical (unpaired) electrons. The monoisotopic (exact) mass is 496 g/mol. The first-order valence-electron chi connectivity index (χ1n) is 12.4. The summed E-state index contributed by atoms with van der Waals surface area (Å²) in [5.74, 6) is -2.27. The lowest BCUT2D eigenvalue weighted by molar-refractivity contribution is -0.197. The average molecular weight is 497 g/mol. The number of rotatable bonds is 9. The molecule has 0 atom stereocenters.